The average Bonchev–Trinajstić information content (AvgIpc) is 2.49. The second-order valence-electron chi connectivity index (χ2n) is 5.48. The third-order valence-corrected chi connectivity index (χ3v) is 3.72. The molecule has 0 aromatic heterocycles. The number of non-ortho nitro benzene ring substituents is 1. The van der Waals surface area contributed by atoms with Gasteiger partial charge < -0.3 is 10.1 Å². The number of benzene rings is 2. The van der Waals surface area contributed by atoms with Gasteiger partial charge in [0.25, 0.3) is 11.6 Å². The number of carbonyl (C=O) groups is 1. The molecule has 6 nitrogen and oxygen atoms in total. The molecule has 0 saturated heterocycles. The van der Waals surface area contributed by atoms with E-state index in [-0.39, 0.29) is 29.0 Å². The minimum Gasteiger partial charge on any atom is -0.482 e. The number of anilines is 1. The summed E-state index contributed by atoms with van der Waals surface area (Å²) < 4.78 is 5.34. The molecule has 1 N–H and O–H groups in total. The van der Waals surface area contributed by atoms with Crippen LogP contribution in [0.3, 0.4) is 0 Å². The number of halogens is 1. The SMILES string of the molecule is Cc1cc(C)c(NC(=O)COc2ccc([N+](=O)[O-])cc2Cl)c(C)c1. The summed E-state index contributed by atoms with van der Waals surface area (Å²) in [5, 5.41) is 13.6. The van der Waals surface area contributed by atoms with Crippen LogP contribution in [0.25, 0.3) is 0 Å². The van der Waals surface area contributed by atoms with Gasteiger partial charge in [-0.2, -0.15) is 0 Å². The van der Waals surface area contributed by atoms with Crippen molar-refractivity contribution in [3.05, 3.63) is 62.2 Å². The molecular weight excluding hydrogens is 332 g/mol. The van der Waals surface area contributed by atoms with E-state index >= 15 is 0 Å². The predicted molar refractivity (Wildman–Crippen MR) is 92.9 cm³/mol. The van der Waals surface area contributed by atoms with E-state index in [1.54, 1.807) is 0 Å². The lowest BCUT2D eigenvalue weighted by Crippen LogP contribution is -2.21. The molecule has 0 atom stereocenters. The van der Waals surface area contributed by atoms with Gasteiger partial charge in [-0.3, -0.25) is 14.9 Å². The Morgan fingerprint density at radius 1 is 1.21 bits per heavy atom. The van der Waals surface area contributed by atoms with Crippen LogP contribution >= 0.6 is 11.6 Å². The highest BCUT2D eigenvalue weighted by atomic mass is 35.5. The van der Waals surface area contributed by atoms with E-state index in [9.17, 15) is 14.9 Å². The van der Waals surface area contributed by atoms with Crippen LogP contribution in [0.15, 0.2) is 30.3 Å². The zero-order chi connectivity index (χ0) is 17.9. The van der Waals surface area contributed by atoms with Gasteiger partial charge in [0.05, 0.1) is 9.95 Å². The number of hydrogen-bond donors (Lipinski definition) is 1. The topological polar surface area (TPSA) is 81.5 Å². The molecule has 0 aliphatic carbocycles. The summed E-state index contributed by atoms with van der Waals surface area (Å²) in [7, 11) is 0. The van der Waals surface area contributed by atoms with Crippen LogP contribution in [-0.4, -0.2) is 17.4 Å². The minimum atomic E-state index is -0.550. The average molecular weight is 349 g/mol. The van der Waals surface area contributed by atoms with Crippen molar-refractivity contribution in [1.82, 2.24) is 0 Å². The Morgan fingerprint density at radius 2 is 1.83 bits per heavy atom. The van der Waals surface area contributed by atoms with E-state index in [0.29, 0.717) is 0 Å². The predicted octanol–water partition coefficient (Wildman–Crippen LogP) is 4.19. The molecule has 126 valence electrons. The highest BCUT2D eigenvalue weighted by molar-refractivity contribution is 6.32. The standard InChI is InChI=1S/C17H17ClN2O4/c1-10-6-11(2)17(12(3)7-10)19-16(21)9-24-15-5-4-13(20(22)23)8-14(15)18/h4-8H,9H2,1-3H3,(H,19,21). The van der Waals surface area contributed by atoms with Crippen LogP contribution in [0.1, 0.15) is 16.7 Å². The summed E-state index contributed by atoms with van der Waals surface area (Å²) >= 11 is 5.92. The highest BCUT2D eigenvalue weighted by Gasteiger charge is 2.13. The number of amides is 1. The van der Waals surface area contributed by atoms with E-state index in [2.05, 4.69) is 5.32 Å². The van der Waals surface area contributed by atoms with Gasteiger partial charge in [-0.1, -0.05) is 29.3 Å². The number of nitro groups is 1. The molecule has 2 aromatic carbocycles. The fourth-order valence-corrected chi connectivity index (χ4v) is 2.65. The van der Waals surface area contributed by atoms with Gasteiger partial charge in [-0.25, -0.2) is 0 Å². The van der Waals surface area contributed by atoms with Crippen molar-refractivity contribution in [3.63, 3.8) is 0 Å². The largest absolute Gasteiger partial charge is 0.482 e. The molecule has 0 bridgehead atoms. The lowest BCUT2D eigenvalue weighted by molar-refractivity contribution is -0.384. The first-order chi connectivity index (χ1) is 11.3. The quantitative estimate of drug-likeness (QED) is 0.648. The molecule has 0 aliphatic rings. The van der Waals surface area contributed by atoms with Crippen LogP contribution < -0.4 is 10.1 Å². The van der Waals surface area contributed by atoms with Crippen molar-refractivity contribution in [3.8, 4) is 5.75 Å². The van der Waals surface area contributed by atoms with Gasteiger partial charge >= 0.3 is 0 Å². The van der Waals surface area contributed by atoms with Crippen molar-refractivity contribution >= 4 is 28.9 Å². The Labute approximate surface area is 144 Å². The third kappa shape index (κ3) is 4.23. The fraction of sp³-hybridized carbons (Fsp3) is 0.235. The molecule has 24 heavy (non-hydrogen) atoms. The Morgan fingerprint density at radius 3 is 2.38 bits per heavy atom. The maximum Gasteiger partial charge on any atom is 0.271 e. The molecule has 0 heterocycles. The lowest BCUT2D eigenvalue weighted by Gasteiger charge is -2.13. The maximum atomic E-state index is 12.1. The summed E-state index contributed by atoms with van der Waals surface area (Å²) in [6.07, 6.45) is 0. The van der Waals surface area contributed by atoms with Gasteiger partial charge in [-0.05, 0) is 38.0 Å². The number of nitrogens with one attached hydrogen (secondary N) is 1. The highest BCUT2D eigenvalue weighted by Crippen LogP contribution is 2.28. The number of aryl methyl sites for hydroxylation is 3. The molecule has 0 aliphatic heterocycles. The van der Waals surface area contributed by atoms with Crippen LogP contribution in [0.2, 0.25) is 5.02 Å². The van der Waals surface area contributed by atoms with E-state index in [0.717, 1.165) is 22.4 Å². The van der Waals surface area contributed by atoms with E-state index in [1.807, 2.05) is 32.9 Å². The first-order valence-electron chi connectivity index (χ1n) is 7.22. The summed E-state index contributed by atoms with van der Waals surface area (Å²) in [5.41, 5.74) is 3.67. The molecular formula is C17H17ClN2O4. The van der Waals surface area contributed by atoms with Crippen LogP contribution in [0.5, 0.6) is 5.75 Å². The van der Waals surface area contributed by atoms with E-state index < -0.39 is 4.92 Å². The van der Waals surface area contributed by atoms with Gasteiger partial charge in [0, 0.05) is 17.8 Å². The van der Waals surface area contributed by atoms with E-state index in [4.69, 9.17) is 16.3 Å². The van der Waals surface area contributed by atoms with Crippen LogP contribution in [-0.2, 0) is 4.79 Å². The monoisotopic (exact) mass is 348 g/mol. The Bertz CT molecular complexity index is 782. The van der Waals surface area contributed by atoms with Crippen molar-refractivity contribution in [2.75, 3.05) is 11.9 Å². The number of hydrogen-bond acceptors (Lipinski definition) is 4. The van der Waals surface area contributed by atoms with Crippen molar-refractivity contribution in [1.29, 1.82) is 0 Å². The molecule has 0 unspecified atom stereocenters. The van der Waals surface area contributed by atoms with Crippen molar-refractivity contribution in [2.24, 2.45) is 0 Å². The minimum absolute atomic E-state index is 0.0831. The second kappa shape index (κ2) is 7.31. The molecule has 1 amide bonds. The zero-order valence-corrected chi connectivity index (χ0v) is 14.3. The molecule has 0 saturated carbocycles. The molecule has 0 spiro atoms. The molecule has 2 rings (SSSR count). The summed E-state index contributed by atoms with van der Waals surface area (Å²) in [6, 6.07) is 7.79. The number of ether oxygens (including phenoxy) is 1. The fourth-order valence-electron chi connectivity index (χ4n) is 2.42. The first-order valence-corrected chi connectivity index (χ1v) is 7.60. The number of rotatable bonds is 5. The zero-order valence-electron chi connectivity index (χ0n) is 13.6. The van der Waals surface area contributed by atoms with Crippen LogP contribution in [0, 0.1) is 30.9 Å². The number of carbonyl (C=O) groups excluding carboxylic acids is 1. The third-order valence-electron chi connectivity index (χ3n) is 3.43. The van der Waals surface area contributed by atoms with Gasteiger partial charge in [0.15, 0.2) is 6.61 Å². The summed E-state index contributed by atoms with van der Waals surface area (Å²) in [5.74, 6) is -0.116. The van der Waals surface area contributed by atoms with Crippen molar-refractivity contribution in [2.45, 2.75) is 20.8 Å². The second-order valence-corrected chi connectivity index (χ2v) is 5.89. The summed E-state index contributed by atoms with van der Waals surface area (Å²) in [4.78, 5) is 22.2. The molecule has 0 fully saturated rings. The van der Waals surface area contributed by atoms with Gasteiger partial charge in [0.2, 0.25) is 0 Å². The maximum absolute atomic E-state index is 12.1. The molecule has 7 heteroatoms. The van der Waals surface area contributed by atoms with Crippen molar-refractivity contribution < 1.29 is 14.5 Å². The van der Waals surface area contributed by atoms with Crippen LogP contribution in [0.4, 0.5) is 11.4 Å². The summed E-state index contributed by atoms with van der Waals surface area (Å²) in [6.45, 7) is 5.59. The normalized spacial score (nSPS) is 10.3. The van der Waals surface area contributed by atoms with Gasteiger partial charge in [-0.15, -0.1) is 0 Å². The number of nitro benzene ring substituents is 1. The Balaban J connectivity index is 2.03. The molecule has 0 radical (unpaired) electrons. The lowest BCUT2D eigenvalue weighted by atomic mass is 10.1. The Hall–Kier alpha value is -2.60. The Kier molecular flexibility index (Phi) is 5.41. The first kappa shape index (κ1) is 17.7. The van der Waals surface area contributed by atoms with E-state index in [1.165, 1.54) is 18.2 Å². The number of nitrogens with zero attached hydrogens (tertiary/aromatic N) is 1. The molecule has 2 aromatic rings. The smallest absolute Gasteiger partial charge is 0.271 e. The van der Waals surface area contributed by atoms with Gasteiger partial charge in [0.1, 0.15) is 5.75 Å².